The molecule has 0 amide bonds. The van der Waals surface area contributed by atoms with Crippen molar-refractivity contribution in [3.05, 3.63) is 24.5 Å². The molecule has 3 heteroatoms. The molecule has 0 radical (unpaired) electrons. The van der Waals surface area contributed by atoms with Crippen LogP contribution in [0.15, 0.2) is 24.5 Å². The lowest BCUT2D eigenvalue weighted by Gasteiger charge is -2.23. The van der Waals surface area contributed by atoms with E-state index in [1.807, 2.05) is 29.2 Å². The lowest BCUT2D eigenvalue weighted by atomic mass is 10.1. The molecule has 0 aliphatic rings. The van der Waals surface area contributed by atoms with Gasteiger partial charge in [-0.3, -0.25) is 4.68 Å². The number of hydrogen-bond acceptors (Lipinski definition) is 2. The molecule has 0 bridgehead atoms. The Kier molecular flexibility index (Phi) is 3.37. The highest BCUT2D eigenvalue weighted by molar-refractivity contribution is 4.93. The van der Waals surface area contributed by atoms with E-state index in [0.29, 0.717) is 0 Å². The van der Waals surface area contributed by atoms with Crippen LogP contribution < -0.4 is 5.43 Å². The zero-order valence-corrected chi connectivity index (χ0v) is 8.58. The SMILES string of the molecule is COC(C)(C)CCNn1cccc1. The van der Waals surface area contributed by atoms with E-state index in [1.54, 1.807) is 7.11 Å². The van der Waals surface area contributed by atoms with Crippen molar-refractivity contribution in [1.29, 1.82) is 0 Å². The summed E-state index contributed by atoms with van der Waals surface area (Å²) in [5.41, 5.74) is 3.21. The van der Waals surface area contributed by atoms with E-state index >= 15 is 0 Å². The van der Waals surface area contributed by atoms with Crippen LogP contribution in [-0.2, 0) is 4.74 Å². The van der Waals surface area contributed by atoms with E-state index in [4.69, 9.17) is 4.74 Å². The van der Waals surface area contributed by atoms with Crippen LogP contribution in [-0.4, -0.2) is 23.9 Å². The highest BCUT2D eigenvalue weighted by atomic mass is 16.5. The second-order valence-electron chi connectivity index (χ2n) is 3.71. The Morgan fingerprint density at radius 2 is 1.92 bits per heavy atom. The molecule has 0 unspecified atom stereocenters. The molecule has 0 spiro atoms. The van der Waals surface area contributed by atoms with Gasteiger partial charge in [0.1, 0.15) is 0 Å². The number of methoxy groups -OCH3 is 1. The monoisotopic (exact) mass is 182 g/mol. The van der Waals surface area contributed by atoms with Crippen molar-refractivity contribution in [2.45, 2.75) is 25.9 Å². The largest absolute Gasteiger partial charge is 0.379 e. The number of hydrogen-bond donors (Lipinski definition) is 1. The topological polar surface area (TPSA) is 26.2 Å². The maximum absolute atomic E-state index is 5.31. The van der Waals surface area contributed by atoms with Crippen LogP contribution in [0, 0.1) is 0 Å². The summed E-state index contributed by atoms with van der Waals surface area (Å²) in [5, 5.41) is 0. The maximum Gasteiger partial charge on any atom is 0.0640 e. The lowest BCUT2D eigenvalue weighted by Crippen LogP contribution is -2.27. The minimum absolute atomic E-state index is 0.0415. The van der Waals surface area contributed by atoms with Crippen molar-refractivity contribution < 1.29 is 4.74 Å². The molecule has 0 aromatic carbocycles. The minimum atomic E-state index is -0.0415. The first-order valence-electron chi connectivity index (χ1n) is 4.56. The van der Waals surface area contributed by atoms with Gasteiger partial charge >= 0.3 is 0 Å². The van der Waals surface area contributed by atoms with Crippen LogP contribution in [0.1, 0.15) is 20.3 Å². The molecule has 0 saturated carbocycles. The standard InChI is InChI=1S/C10H18N2O/c1-10(2,13-3)6-7-11-12-8-4-5-9-12/h4-5,8-9,11H,6-7H2,1-3H3. The first kappa shape index (κ1) is 10.1. The molecule has 3 nitrogen and oxygen atoms in total. The summed E-state index contributed by atoms with van der Waals surface area (Å²) in [5.74, 6) is 0. The maximum atomic E-state index is 5.31. The number of nitrogens with one attached hydrogen (secondary N) is 1. The van der Waals surface area contributed by atoms with Crippen LogP contribution in [0.3, 0.4) is 0 Å². The highest BCUT2D eigenvalue weighted by Crippen LogP contribution is 2.11. The number of nitrogens with zero attached hydrogens (tertiary/aromatic N) is 1. The molecule has 1 aromatic rings. The second-order valence-corrected chi connectivity index (χ2v) is 3.71. The van der Waals surface area contributed by atoms with Crippen molar-refractivity contribution in [3.8, 4) is 0 Å². The van der Waals surface area contributed by atoms with Gasteiger partial charge < -0.3 is 10.2 Å². The van der Waals surface area contributed by atoms with Gasteiger partial charge in [-0.25, -0.2) is 0 Å². The van der Waals surface area contributed by atoms with Gasteiger partial charge in [-0.2, -0.15) is 0 Å². The quantitative estimate of drug-likeness (QED) is 0.752. The molecule has 0 saturated heterocycles. The van der Waals surface area contributed by atoms with Crippen LogP contribution >= 0.6 is 0 Å². The lowest BCUT2D eigenvalue weighted by molar-refractivity contribution is 0.0180. The number of rotatable bonds is 5. The Hall–Kier alpha value is -0.960. The zero-order chi connectivity index (χ0) is 9.73. The molecule has 1 N–H and O–H groups in total. The van der Waals surface area contributed by atoms with Crippen LogP contribution in [0.5, 0.6) is 0 Å². The van der Waals surface area contributed by atoms with Gasteiger partial charge in [-0.15, -0.1) is 0 Å². The van der Waals surface area contributed by atoms with Gasteiger partial charge in [0.2, 0.25) is 0 Å². The molecule has 0 aliphatic heterocycles. The smallest absolute Gasteiger partial charge is 0.0640 e. The van der Waals surface area contributed by atoms with Gasteiger partial charge in [-0.1, -0.05) is 0 Å². The fourth-order valence-electron chi connectivity index (χ4n) is 1.03. The first-order chi connectivity index (χ1) is 6.14. The number of ether oxygens (including phenoxy) is 1. The van der Waals surface area contributed by atoms with Crippen molar-refractivity contribution in [3.63, 3.8) is 0 Å². The normalized spacial score (nSPS) is 11.6. The Morgan fingerprint density at radius 3 is 2.46 bits per heavy atom. The van der Waals surface area contributed by atoms with Crippen LogP contribution in [0.4, 0.5) is 0 Å². The van der Waals surface area contributed by atoms with Crippen molar-refractivity contribution in [2.75, 3.05) is 19.1 Å². The third-order valence-corrected chi connectivity index (χ3v) is 2.18. The molecule has 74 valence electrons. The average Bonchev–Trinajstić information content (AvgIpc) is 2.57. The van der Waals surface area contributed by atoms with Crippen LogP contribution in [0.25, 0.3) is 0 Å². The molecule has 0 atom stereocenters. The van der Waals surface area contributed by atoms with Crippen molar-refractivity contribution in [1.82, 2.24) is 4.68 Å². The van der Waals surface area contributed by atoms with E-state index in [1.165, 1.54) is 0 Å². The molecule has 0 fully saturated rings. The Balaban J connectivity index is 2.21. The van der Waals surface area contributed by atoms with Crippen molar-refractivity contribution in [2.24, 2.45) is 0 Å². The van der Waals surface area contributed by atoms with E-state index in [0.717, 1.165) is 13.0 Å². The molecule has 1 aromatic heterocycles. The predicted molar refractivity (Wildman–Crippen MR) is 54.4 cm³/mol. The molecule has 1 heterocycles. The summed E-state index contributed by atoms with van der Waals surface area (Å²) < 4.78 is 7.26. The van der Waals surface area contributed by atoms with Crippen molar-refractivity contribution >= 4 is 0 Å². The third kappa shape index (κ3) is 3.51. The van der Waals surface area contributed by atoms with Gasteiger partial charge in [0.15, 0.2) is 0 Å². The summed E-state index contributed by atoms with van der Waals surface area (Å²) in [7, 11) is 1.75. The fourth-order valence-corrected chi connectivity index (χ4v) is 1.03. The highest BCUT2D eigenvalue weighted by Gasteiger charge is 2.14. The minimum Gasteiger partial charge on any atom is -0.379 e. The molecular formula is C10H18N2O. The summed E-state index contributed by atoms with van der Waals surface area (Å²) in [6, 6.07) is 3.99. The van der Waals surface area contributed by atoms with Gasteiger partial charge in [0, 0.05) is 26.0 Å². The zero-order valence-electron chi connectivity index (χ0n) is 8.58. The fraction of sp³-hybridized carbons (Fsp3) is 0.600. The Morgan fingerprint density at radius 1 is 1.31 bits per heavy atom. The van der Waals surface area contributed by atoms with E-state index in [2.05, 4.69) is 19.3 Å². The summed E-state index contributed by atoms with van der Waals surface area (Å²) in [6.07, 6.45) is 4.96. The predicted octanol–water partition coefficient (Wildman–Crippen LogP) is 1.85. The summed E-state index contributed by atoms with van der Waals surface area (Å²) in [6.45, 7) is 5.09. The van der Waals surface area contributed by atoms with Crippen LogP contribution in [0.2, 0.25) is 0 Å². The molecule has 13 heavy (non-hydrogen) atoms. The van der Waals surface area contributed by atoms with E-state index < -0.39 is 0 Å². The van der Waals surface area contributed by atoms with E-state index in [9.17, 15) is 0 Å². The summed E-state index contributed by atoms with van der Waals surface area (Å²) >= 11 is 0. The van der Waals surface area contributed by atoms with Gasteiger partial charge in [0.05, 0.1) is 5.60 Å². The second kappa shape index (κ2) is 4.33. The Bertz CT molecular complexity index is 229. The van der Waals surface area contributed by atoms with Gasteiger partial charge in [0.25, 0.3) is 0 Å². The third-order valence-electron chi connectivity index (χ3n) is 2.18. The molecule has 1 rings (SSSR count). The summed E-state index contributed by atoms with van der Waals surface area (Å²) in [4.78, 5) is 0. The molecular weight excluding hydrogens is 164 g/mol. The number of aromatic nitrogens is 1. The Labute approximate surface area is 79.7 Å². The van der Waals surface area contributed by atoms with Gasteiger partial charge in [-0.05, 0) is 32.4 Å². The first-order valence-corrected chi connectivity index (χ1v) is 4.56. The average molecular weight is 182 g/mol. The van der Waals surface area contributed by atoms with E-state index in [-0.39, 0.29) is 5.60 Å². The molecule has 0 aliphatic carbocycles.